The summed E-state index contributed by atoms with van der Waals surface area (Å²) in [6.07, 6.45) is 2.35. The van der Waals surface area contributed by atoms with Crippen molar-refractivity contribution in [2.75, 3.05) is 20.1 Å². The Balaban J connectivity index is 2.24. The predicted molar refractivity (Wildman–Crippen MR) is 55.9 cm³/mol. The zero-order valence-corrected chi connectivity index (χ0v) is 8.57. The lowest BCUT2D eigenvalue weighted by Gasteiger charge is -2.25. The molecule has 0 saturated carbocycles. The maximum absolute atomic E-state index is 12.1. The van der Waals surface area contributed by atoms with Crippen LogP contribution in [0, 0.1) is 0 Å². The average Bonchev–Trinajstić information content (AvgIpc) is 2.67. The summed E-state index contributed by atoms with van der Waals surface area (Å²) < 4.78 is 0.587. The molecular weight excluding hydrogens is 174 g/mol. The minimum Gasteiger partial charge on any atom is -0.258 e. The second kappa shape index (κ2) is 3.54. The highest BCUT2D eigenvalue weighted by molar-refractivity contribution is 5.88. The van der Waals surface area contributed by atoms with Crippen LogP contribution >= 0.6 is 0 Å². The molecule has 1 aliphatic rings. The van der Waals surface area contributed by atoms with Crippen molar-refractivity contribution in [2.24, 2.45) is 0 Å². The largest absolute Gasteiger partial charge is 0.345 e. The smallest absolute Gasteiger partial charge is 0.258 e. The van der Waals surface area contributed by atoms with E-state index in [-0.39, 0.29) is 5.91 Å². The highest BCUT2D eigenvalue weighted by Crippen LogP contribution is 2.20. The van der Waals surface area contributed by atoms with Crippen LogP contribution in [0.15, 0.2) is 30.3 Å². The van der Waals surface area contributed by atoms with Gasteiger partial charge in [0.15, 0.2) is 0 Å². The Hall–Kier alpha value is -1.15. The molecule has 0 spiro atoms. The molecule has 14 heavy (non-hydrogen) atoms. The van der Waals surface area contributed by atoms with Crippen LogP contribution in [-0.2, 0) is 0 Å². The number of hydrogen-bond acceptors (Lipinski definition) is 1. The molecule has 1 heterocycles. The monoisotopic (exact) mass is 190 g/mol. The summed E-state index contributed by atoms with van der Waals surface area (Å²) >= 11 is 0. The first kappa shape index (κ1) is 9.41. The van der Waals surface area contributed by atoms with E-state index in [1.165, 1.54) is 12.8 Å². The fourth-order valence-electron chi connectivity index (χ4n) is 2.13. The van der Waals surface area contributed by atoms with Gasteiger partial charge in [0.05, 0.1) is 25.7 Å². The first-order valence-corrected chi connectivity index (χ1v) is 5.17. The quantitative estimate of drug-likeness (QED) is 0.619. The van der Waals surface area contributed by atoms with Gasteiger partial charge in [0.1, 0.15) is 0 Å². The zero-order valence-electron chi connectivity index (χ0n) is 8.57. The predicted octanol–water partition coefficient (Wildman–Crippen LogP) is 2.07. The molecule has 0 bridgehead atoms. The number of benzene rings is 1. The standard InChI is InChI=1S/C12H16NO/c1-13(9-5-6-10-13)12(14)11-7-3-2-4-8-11/h2-4,7-8H,5-6,9-10H2,1H3/q+1. The normalized spacial score (nSPS) is 19.5. The summed E-state index contributed by atoms with van der Waals surface area (Å²) in [5.74, 6) is 0.267. The van der Waals surface area contributed by atoms with Gasteiger partial charge in [0, 0.05) is 12.8 Å². The third-order valence-electron chi connectivity index (χ3n) is 3.06. The van der Waals surface area contributed by atoms with E-state index >= 15 is 0 Å². The summed E-state index contributed by atoms with van der Waals surface area (Å²) in [5, 5.41) is 0. The SMILES string of the molecule is C[N+]1(C(=O)c2ccccc2)CCCC1. The summed E-state index contributed by atoms with van der Waals surface area (Å²) in [4.78, 5) is 12.1. The van der Waals surface area contributed by atoms with Crippen molar-refractivity contribution in [3.8, 4) is 0 Å². The molecule has 1 amide bonds. The zero-order chi connectivity index (χ0) is 10.0. The molecule has 2 nitrogen and oxygen atoms in total. The Labute approximate surface area is 84.7 Å². The summed E-state index contributed by atoms with van der Waals surface area (Å²) in [5.41, 5.74) is 0.844. The molecule has 1 fully saturated rings. The van der Waals surface area contributed by atoms with E-state index in [1.807, 2.05) is 37.4 Å². The highest BCUT2D eigenvalue weighted by Gasteiger charge is 2.35. The van der Waals surface area contributed by atoms with E-state index in [0.29, 0.717) is 4.48 Å². The van der Waals surface area contributed by atoms with Crippen molar-refractivity contribution in [1.29, 1.82) is 0 Å². The van der Waals surface area contributed by atoms with Gasteiger partial charge >= 0.3 is 5.91 Å². The molecule has 2 rings (SSSR count). The topological polar surface area (TPSA) is 17.1 Å². The lowest BCUT2D eigenvalue weighted by Crippen LogP contribution is -2.46. The van der Waals surface area contributed by atoms with Gasteiger partial charge < -0.3 is 0 Å². The number of nitrogens with zero attached hydrogens (tertiary/aromatic N) is 1. The Morgan fingerprint density at radius 1 is 1.14 bits per heavy atom. The van der Waals surface area contributed by atoms with Crippen LogP contribution in [0.1, 0.15) is 23.2 Å². The summed E-state index contributed by atoms with van der Waals surface area (Å²) in [6, 6.07) is 9.61. The van der Waals surface area contributed by atoms with Gasteiger partial charge in [-0.25, -0.2) is 4.79 Å². The lowest BCUT2D eigenvalue weighted by molar-refractivity contribution is -0.815. The van der Waals surface area contributed by atoms with Crippen molar-refractivity contribution in [3.63, 3.8) is 0 Å². The van der Waals surface area contributed by atoms with Crippen LogP contribution in [0.2, 0.25) is 0 Å². The molecule has 74 valence electrons. The Morgan fingerprint density at radius 2 is 1.71 bits per heavy atom. The van der Waals surface area contributed by atoms with E-state index in [4.69, 9.17) is 0 Å². The highest BCUT2D eigenvalue weighted by atomic mass is 16.2. The first-order chi connectivity index (χ1) is 6.72. The third kappa shape index (κ3) is 1.58. The minimum atomic E-state index is 0.267. The van der Waals surface area contributed by atoms with E-state index in [0.717, 1.165) is 18.7 Å². The molecular formula is C12H16NO+. The second-order valence-corrected chi connectivity index (χ2v) is 4.22. The van der Waals surface area contributed by atoms with Crippen LogP contribution in [0.3, 0.4) is 0 Å². The molecule has 0 aliphatic carbocycles. The number of amides is 1. The van der Waals surface area contributed by atoms with Crippen molar-refractivity contribution >= 4 is 5.91 Å². The van der Waals surface area contributed by atoms with Crippen molar-refractivity contribution in [1.82, 2.24) is 0 Å². The molecule has 0 atom stereocenters. The van der Waals surface area contributed by atoms with Gasteiger partial charge in [-0.1, -0.05) is 18.2 Å². The van der Waals surface area contributed by atoms with Crippen LogP contribution in [0.25, 0.3) is 0 Å². The van der Waals surface area contributed by atoms with Gasteiger partial charge in [-0.05, 0) is 12.1 Å². The van der Waals surface area contributed by atoms with Crippen LogP contribution in [0.4, 0.5) is 0 Å². The molecule has 0 unspecified atom stereocenters. The van der Waals surface area contributed by atoms with E-state index in [2.05, 4.69) is 0 Å². The van der Waals surface area contributed by atoms with Gasteiger partial charge in [0.25, 0.3) is 0 Å². The maximum Gasteiger partial charge on any atom is 0.345 e. The van der Waals surface area contributed by atoms with Crippen LogP contribution in [-0.4, -0.2) is 30.5 Å². The molecule has 0 aromatic heterocycles. The molecule has 1 saturated heterocycles. The van der Waals surface area contributed by atoms with Gasteiger partial charge in [0.2, 0.25) is 0 Å². The Morgan fingerprint density at radius 3 is 2.29 bits per heavy atom. The molecule has 0 N–H and O–H groups in total. The summed E-state index contributed by atoms with van der Waals surface area (Å²) in [7, 11) is 2.04. The van der Waals surface area contributed by atoms with Crippen molar-refractivity contribution in [3.05, 3.63) is 35.9 Å². The van der Waals surface area contributed by atoms with Gasteiger partial charge in [-0.3, -0.25) is 4.48 Å². The third-order valence-corrected chi connectivity index (χ3v) is 3.06. The van der Waals surface area contributed by atoms with Crippen LogP contribution < -0.4 is 0 Å². The number of rotatable bonds is 1. The fourth-order valence-corrected chi connectivity index (χ4v) is 2.13. The first-order valence-electron chi connectivity index (χ1n) is 5.17. The van der Waals surface area contributed by atoms with Crippen molar-refractivity contribution < 1.29 is 9.28 Å². The lowest BCUT2D eigenvalue weighted by atomic mass is 10.2. The Kier molecular flexibility index (Phi) is 2.38. The molecule has 1 aromatic carbocycles. The van der Waals surface area contributed by atoms with Crippen LogP contribution in [0.5, 0.6) is 0 Å². The minimum absolute atomic E-state index is 0.267. The Bertz CT molecular complexity index is 325. The number of quaternary nitrogens is 1. The van der Waals surface area contributed by atoms with Crippen molar-refractivity contribution in [2.45, 2.75) is 12.8 Å². The number of carbonyl (C=O) groups is 1. The van der Waals surface area contributed by atoms with Gasteiger partial charge in [-0.2, -0.15) is 0 Å². The van der Waals surface area contributed by atoms with E-state index in [9.17, 15) is 4.79 Å². The molecule has 1 aliphatic heterocycles. The summed E-state index contributed by atoms with van der Waals surface area (Å²) in [6.45, 7) is 1.99. The molecule has 1 aromatic rings. The molecule has 0 radical (unpaired) electrons. The molecule has 2 heteroatoms. The second-order valence-electron chi connectivity index (χ2n) is 4.22. The fraction of sp³-hybridized carbons (Fsp3) is 0.417. The van der Waals surface area contributed by atoms with Gasteiger partial charge in [-0.15, -0.1) is 0 Å². The maximum atomic E-state index is 12.1. The number of hydrogen-bond donors (Lipinski definition) is 0. The number of carbonyl (C=O) groups excluding carboxylic acids is 1. The van der Waals surface area contributed by atoms with E-state index in [1.54, 1.807) is 0 Å². The van der Waals surface area contributed by atoms with E-state index < -0.39 is 0 Å². The average molecular weight is 190 g/mol. The number of likely N-dealkylation sites (tertiary alicyclic amines) is 1.